The van der Waals surface area contributed by atoms with Gasteiger partial charge in [-0.05, 0) is 36.8 Å². The summed E-state index contributed by atoms with van der Waals surface area (Å²) in [5.74, 6) is 0.281. The topological polar surface area (TPSA) is 70.6 Å². The van der Waals surface area contributed by atoms with Crippen LogP contribution in [0.15, 0.2) is 24.4 Å². The molecule has 138 valence electrons. The van der Waals surface area contributed by atoms with Gasteiger partial charge in [-0.2, -0.15) is 0 Å². The quantitative estimate of drug-likeness (QED) is 0.740. The number of amides is 1. The molecule has 0 bridgehead atoms. The van der Waals surface area contributed by atoms with E-state index in [1.807, 2.05) is 25.1 Å². The smallest absolute Gasteiger partial charge is 0.226 e. The Kier molecular flexibility index (Phi) is 5.16. The van der Waals surface area contributed by atoms with Crippen LogP contribution in [0.5, 0.6) is 0 Å². The highest BCUT2D eigenvalue weighted by molar-refractivity contribution is 7.89. The lowest BCUT2D eigenvalue weighted by Gasteiger charge is -2.19. The van der Waals surface area contributed by atoms with Crippen molar-refractivity contribution in [1.29, 1.82) is 0 Å². The Balaban J connectivity index is 1.57. The van der Waals surface area contributed by atoms with Crippen LogP contribution < -0.4 is 0 Å². The van der Waals surface area contributed by atoms with Crippen molar-refractivity contribution in [3.05, 3.63) is 30.1 Å². The summed E-state index contributed by atoms with van der Waals surface area (Å²) in [5.41, 5.74) is 0.734. The molecule has 1 aliphatic carbocycles. The van der Waals surface area contributed by atoms with Gasteiger partial charge in [0.05, 0.1) is 18.0 Å². The molecule has 0 aromatic carbocycles. The molecule has 2 heterocycles. The van der Waals surface area contributed by atoms with Crippen LogP contribution in [0, 0.1) is 11.3 Å². The number of hydrogen-bond donors (Lipinski definition) is 0. The number of carbonyl (C=O) groups excluding carboxylic acids is 1. The minimum absolute atomic E-state index is 0.0485. The van der Waals surface area contributed by atoms with Crippen molar-refractivity contribution in [3.63, 3.8) is 0 Å². The summed E-state index contributed by atoms with van der Waals surface area (Å²) in [7, 11) is -1.37. The van der Waals surface area contributed by atoms with Crippen LogP contribution in [0.3, 0.4) is 0 Å². The summed E-state index contributed by atoms with van der Waals surface area (Å²) in [6.07, 6.45) is 4.89. The molecule has 1 aliphatic heterocycles. The highest BCUT2D eigenvalue weighted by Gasteiger charge is 2.62. The highest BCUT2D eigenvalue weighted by atomic mass is 32.2. The molecule has 1 aromatic rings. The summed E-state index contributed by atoms with van der Waals surface area (Å²) < 4.78 is 26.4. The van der Waals surface area contributed by atoms with E-state index in [0.29, 0.717) is 26.1 Å². The molecule has 2 fully saturated rings. The van der Waals surface area contributed by atoms with E-state index in [9.17, 15) is 13.2 Å². The average molecular weight is 365 g/mol. The number of aromatic nitrogens is 1. The number of carbonyl (C=O) groups is 1. The van der Waals surface area contributed by atoms with Gasteiger partial charge < -0.3 is 4.90 Å². The summed E-state index contributed by atoms with van der Waals surface area (Å²) in [6.45, 7) is 3.55. The van der Waals surface area contributed by atoms with Crippen molar-refractivity contribution < 1.29 is 13.2 Å². The summed E-state index contributed by atoms with van der Waals surface area (Å²) in [4.78, 5) is 18.7. The molecule has 0 unspecified atom stereocenters. The molecule has 3 rings (SSSR count). The first-order chi connectivity index (χ1) is 11.9. The molecule has 25 heavy (non-hydrogen) atoms. The van der Waals surface area contributed by atoms with Crippen molar-refractivity contribution >= 4 is 15.9 Å². The highest BCUT2D eigenvalue weighted by Crippen LogP contribution is 2.59. The molecule has 6 nitrogen and oxygen atoms in total. The van der Waals surface area contributed by atoms with Gasteiger partial charge in [0.2, 0.25) is 15.9 Å². The van der Waals surface area contributed by atoms with E-state index in [1.54, 1.807) is 22.4 Å². The van der Waals surface area contributed by atoms with Gasteiger partial charge in [0.1, 0.15) is 0 Å². The molecule has 2 atom stereocenters. The first-order valence-corrected chi connectivity index (χ1v) is 10.6. The van der Waals surface area contributed by atoms with Crippen LogP contribution in [0.4, 0.5) is 0 Å². The lowest BCUT2D eigenvalue weighted by molar-refractivity contribution is -0.132. The number of pyridine rings is 1. The molecular weight excluding hydrogens is 338 g/mol. The molecule has 1 amide bonds. The van der Waals surface area contributed by atoms with Crippen LogP contribution in [-0.2, 0) is 21.4 Å². The SMILES string of the molecule is CCCCS(=O)(=O)N1CC[C@]2(C[C@H]2C(=O)N(C)Cc2ccccn2)C1. The van der Waals surface area contributed by atoms with Crippen molar-refractivity contribution in [1.82, 2.24) is 14.2 Å². The Bertz CT molecular complexity index is 722. The van der Waals surface area contributed by atoms with Crippen molar-refractivity contribution in [2.24, 2.45) is 11.3 Å². The molecule has 7 heteroatoms. The lowest BCUT2D eigenvalue weighted by Crippen LogP contribution is -2.33. The fraction of sp³-hybridized carbons (Fsp3) is 0.667. The summed E-state index contributed by atoms with van der Waals surface area (Å²) in [5, 5.41) is 0. The van der Waals surface area contributed by atoms with Gasteiger partial charge in [-0.3, -0.25) is 9.78 Å². The van der Waals surface area contributed by atoms with Gasteiger partial charge in [0.25, 0.3) is 0 Å². The first kappa shape index (κ1) is 18.3. The van der Waals surface area contributed by atoms with Crippen LogP contribution in [0.1, 0.15) is 38.3 Å². The first-order valence-electron chi connectivity index (χ1n) is 9.01. The van der Waals surface area contributed by atoms with E-state index in [1.165, 1.54) is 0 Å². The molecule has 0 radical (unpaired) electrons. The standard InChI is InChI=1S/C18H27N3O3S/c1-3-4-11-25(23,24)21-10-8-18(14-21)12-16(18)17(22)20(2)13-15-7-5-6-9-19-15/h5-7,9,16H,3-4,8,10-14H2,1-2H3/t16-,18-/m0/s1. The maximum absolute atomic E-state index is 12.7. The summed E-state index contributed by atoms with van der Waals surface area (Å²) >= 11 is 0. The molecule has 0 N–H and O–H groups in total. The van der Waals surface area contributed by atoms with Crippen molar-refractivity contribution in [2.45, 2.75) is 39.2 Å². The van der Waals surface area contributed by atoms with Gasteiger partial charge >= 0.3 is 0 Å². The predicted molar refractivity (Wildman–Crippen MR) is 96.1 cm³/mol. The van der Waals surface area contributed by atoms with E-state index in [4.69, 9.17) is 0 Å². The third-order valence-corrected chi connectivity index (χ3v) is 7.39. The molecule has 1 saturated heterocycles. The third-order valence-electron chi connectivity index (χ3n) is 5.49. The maximum Gasteiger partial charge on any atom is 0.226 e. The van der Waals surface area contributed by atoms with E-state index >= 15 is 0 Å². The van der Waals surface area contributed by atoms with Crippen LogP contribution in [0.25, 0.3) is 0 Å². The lowest BCUT2D eigenvalue weighted by atomic mass is 10.0. The zero-order valence-electron chi connectivity index (χ0n) is 15.0. The number of unbranched alkanes of at least 4 members (excludes halogenated alkanes) is 1. The van der Waals surface area contributed by atoms with E-state index in [2.05, 4.69) is 4.98 Å². The molecular formula is C18H27N3O3S. The second-order valence-corrected chi connectivity index (χ2v) is 9.48. The number of nitrogens with zero attached hydrogens (tertiary/aromatic N) is 3. The molecule has 1 aromatic heterocycles. The van der Waals surface area contributed by atoms with E-state index in [0.717, 1.165) is 25.0 Å². The fourth-order valence-corrected chi connectivity index (χ4v) is 5.51. The average Bonchev–Trinajstić information content (AvgIpc) is 3.11. The Morgan fingerprint density at radius 1 is 1.44 bits per heavy atom. The Morgan fingerprint density at radius 2 is 2.24 bits per heavy atom. The number of sulfonamides is 1. The second kappa shape index (κ2) is 7.03. The third kappa shape index (κ3) is 3.87. The largest absolute Gasteiger partial charge is 0.340 e. The van der Waals surface area contributed by atoms with Crippen LogP contribution >= 0.6 is 0 Å². The number of hydrogen-bond acceptors (Lipinski definition) is 4. The van der Waals surface area contributed by atoms with Crippen molar-refractivity contribution in [2.75, 3.05) is 25.9 Å². The fourth-order valence-electron chi connectivity index (χ4n) is 3.78. The minimum atomic E-state index is -3.17. The minimum Gasteiger partial charge on any atom is -0.340 e. The van der Waals surface area contributed by atoms with E-state index < -0.39 is 10.0 Å². The zero-order chi connectivity index (χ0) is 18.1. The van der Waals surface area contributed by atoms with Gasteiger partial charge in [-0.15, -0.1) is 0 Å². The Labute approximate surface area is 150 Å². The monoisotopic (exact) mass is 365 g/mol. The second-order valence-electron chi connectivity index (χ2n) is 7.39. The molecule has 2 aliphatic rings. The molecule has 1 saturated carbocycles. The normalized spacial score (nSPS) is 26.1. The van der Waals surface area contributed by atoms with Gasteiger partial charge in [-0.25, -0.2) is 12.7 Å². The summed E-state index contributed by atoms with van der Waals surface area (Å²) in [6, 6.07) is 5.67. The molecule has 1 spiro atoms. The van der Waals surface area contributed by atoms with Gasteiger partial charge in [0.15, 0.2) is 0 Å². The Hall–Kier alpha value is -1.47. The van der Waals surface area contributed by atoms with E-state index in [-0.39, 0.29) is 23.0 Å². The van der Waals surface area contributed by atoms with Crippen molar-refractivity contribution in [3.8, 4) is 0 Å². The van der Waals surface area contributed by atoms with Crippen LogP contribution in [-0.4, -0.2) is 54.4 Å². The maximum atomic E-state index is 12.7. The van der Waals surface area contributed by atoms with Crippen LogP contribution in [0.2, 0.25) is 0 Å². The van der Waals surface area contributed by atoms with Gasteiger partial charge in [-0.1, -0.05) is 19.4 Å². The number of rotatable bonds is 7. The zero-order valence-corrected chi connectivity index (χ0v) is 15.8. The predicted octanol–water partition coefficient (Wildman–Crippen LogP) is 1.88. The Morgan fingerprint density at radius 3 is 2.92 bits per heavy atom. The van der Waals surface area contributed by atoms with Gasteiger partial charge in [0, 0.05) is 32.3 Å².